The molecule has 1 saturated heterocycles. The van der Waals surface area contributed by atoms with Crippen LogP contribution in [0.15, 0.2) is 17.5 Å². The molecule has 3 rings (SSSR count). The Kier molecular flexibility index (Phi) is 4.59. The highest BCUT2D eigenvalue weighted by Crippen LogP contribution is 2.27. The molecule has 0 aromatic carbocycles. The van der Waals surface area contributed by atoms with Crippen molar-refractivity contribution in [3.63, 3.8) is 0 Å². The highest BCUT2D eigenvalue weighted by Gasteiger charge is 2.36. The summed E-state index contributed by atoms with van der Waals surface area (Å²) in [6, 6.07) is 4.63. The summed E-state index contributed by atoms with van der Waals surface area (Å²) in [6.45, 7) is 9.04. The molecule has 22 heavy (non-hydrogen) atoms. The molecule has 2 aromatic rings. The van der Waals surface area contributed by atoms with Crippen LogP contribution < -0.4 is 4.90 Å². The van der Waals surface area contributed by atoms with Crippen LogP contribution in [0.1, 0.15) is 63.2 Å². The monoisotopic (exact) mass is 320 g/mol. The van der Waals surface area contributed by atoms with Crippen molar-refractivity contribution in [3.05, 3.63) is 28.2 Å². The third-order valence-electron chi connectivity index (χ3n) is 4.92. The van der Waals surface area contributed by atoms with Crippen molar-refractivity contribution >= 4 is 11.3 Å². The fraction of sp³-hybridized carbons (Fsp3) is 0.688. The van der Waals surface area contributed by atoms with Crippen molar-refractivity contribution in [3.8, 4) is 0 Å². The third kappa shape index (κ3) is 2.94. The molecule has 0 spiro atoms. The molecule has 0 radical (unpaired) electrons. The van der Waals surface area contributed by atoms with E-state index in [1.54, 1.807) is 4.90 Å². The largest absolute Gasteiger partial charge is 0.322 e. The molecule has 0 amide bonds. The topological polar surface area (TPSA) is 48.0 Å². The molecule has 0 unspecified atom stereocenters. The van der Waals surface area contributed by atoms with Crippen LogP contribution in [0.5, 0.6) is 0 Å². The van der Waals surface area contributed by atoms with Gasteiger partial charge >= 0.3 is 0 Å². The average Bonchev–Trinajstić information content (AvgIpc) is 3.21. The molecular formula is C16H26N5S+. The van der Waals surface area contributed by atoms with Gasteiger partial charge < -0.3 is 4.90 Å². The Morgan fingerprint density at radius 3 is 2.73 bits per heavy atom. The van der Waals surface area contributed by atoms with E-state index in [0.717, 1.165) is 12.2 Å². The number of aromatic nitrogens is 4. The van der Waals surface area contributed by atoms with Gasteiger partial charge in [-0.1, -0.05) is 13.0 Å². The summed E-state index contributed by atoms with van der Waals surface area (Å²) < 4.78 is 2.05. The molecule has 0 bridgehead atoms. The zero-order valence-corrected chi connectivity index (χ0v) is 14.6. The number of hydrogen-bond acceptors (Lipinski definition) is 4. The molecule has 1 fully saturated rings. The Morgan fingerprint density at radius 2 is 2.09 bits per heavy atom. The number of tetrazole rings is 1. The molecule has 0 aliphatic carbocycles. The van der Waals surface area contributed by atoms with E-state index in [-0.39, 0.29) is 11.6 Å². The quantitative estimate of drug-likeness (QED) is 0.917. The van der Waals surface area contributed by atoms with E-state index >= 15 is 0 Å². The minimum absolute atomic E-state index is 0.0520. The first-order valence-electron chi connectivity index (χ1n) is 8.30. The van der Waals surface area contributed by atoms with Gasteiger partial charge in [-0.05, 0) is 61.4 Å². The van der Waals surface area contributed by atoms with Crippen LogP contribution in [-0.2, 0) is 5.54 Å². The van der Waals surface area contributed by atoms with Gasteiger partial charge in [0.05, 0.1) is 23.5 Å². The molecule has 1 atom stereocenters. The van der Waals surface area contributed by atoms with Gasteiger partial charge in [-0.3, -0.25) is 0 Å². The first-order valence-corrected chi connectivity index (χ1v) is 9.18. The fourth-order valence-corrected chi connectivity index (χ4v) is 4.10. The first-order chi connectivity index (χ1) is 10.6. The number of nitrogens with one attached hydrogen (secondary N) is 1. The van der Waals surface area contributed by atoms with Gasteiger partial charge in [0, 0.05) is 0 Å². The van der Waals surface area contributed by atoms with E-state index in [4.69, 9.17) is 0 Å². The number of hydrogen-bond donors (Lipinski definition) is 1. The van der Waals surface area contributed by atoms with Crippen molar-refractivity contribution in [2.75, 3.05) is 13.1 Å². The van der Waals surface area contributed by atoms with Gasteiger partial charge in [0.2, 0.25) is 5.82 Å². The van der Waals surface area contributed by atoms with E-state index in [9.17, 15) is 0 Å². The second kappa shape index (κ2) is 6.46. The average molecular weight is 320 g/mol. The Morgan fingerprint density at radius 1 is 1.32 bits per heavy atom. The number of nitrogens with zero attached hydrogens (tertiary/aromatic N) is 4. The van der Waals surface area contributed by atoms with Crippen molar-refractivity contribution in [2.24, 2.45) is 0 Å². The zero-order valence-electron chi connectivity index (χ0n) is 13.7. The highest BCUT2D eigenvalue weighted by molar-refractivity contribution is 7.10. The Bertz CT molecular complexity index is 583. The maximum Gasteiger partial charge on any atom is 0.215 e. The Balaban J connectivity index is 2.02. The second-order valence-electron chi connectivity index (χ2n) is 6.78. The van der Waals surface area contributed by atoms with Crippen molar-refractivity contribution in [1.29, 1.82) is 0 Å². The Hall–Kier alpha value is -1.27. The predicted octanol–water partition coefficient (Wildman–Crippen LogP) is 2.04. The van der Waals surface area contributed by atoms with E-state index in [1.165, 1.54) is 37.2 Å². The number of likely N-dealkylation sites (tertiary alicyclic amines) is 1. The number of quaternary nitrogens is 1. The summed E-state index contributed by atoms with van der Waals surface area (Å²) in [5.74, 6) is 1.02. The van der Waals surface area contributed by atoms with Crippen molar-refractivity contribution < 1.29 is 4.90 Å². The van der Waals surface area contributed by atoms with Crippen LogP contribution in [0.3, 0.4) is 0 Å². The van der Waals surface area contributed by atoms with Gasteiger partial charge in [-0.25, -0.2) is 4.68 Å². The van der Waals surface area contributed by atoms with E-state index < -0.39 is 0 Å². The minimum Gasteiger partial charge on any atom is -0.322 e. The van der Waals surface area contributed by atoms with Crippen LogP contribution in [0.4, 0.5) is 0 Å². The normalized spacial score (nSPS) is 18.5. The molecule has 1 aliphatic heterocycles. The van der Waals surface area contributed by atoms with Gasteiger partial charge in [0.25, 0.3) is 0 Å². The molecule has 120 valence electrons. The van der Waals surface area contributed by atoms with Gasteiger partial charge in [0.1, 0.15) is 0 Å². The third-order valence-corrected chi connectivity index (χ3v) is 5.86. The maximum absolute atomic E-state index is 4.45. The van der Waals surface area contributed by atoms with Crippen molar-refractivity contribution in [1.82, 2.24) is 20.2 Å². The summed E-state index contributed by atoms with van der Waals surface area (Å²) in [7, 11) is 0. The molecular weight excluding hydrogens is 294 g/mol. The maximum atomic E-state index is 4.45. The lowest BCUT2D eigenvalue weighted by atomic mass is 10.0. The first kappa shape index (κ1) is 15.6. The van der Waals surface area contributed by atoms with E-state index in [0.29, 0.717) is 0 Å². The molecule has 2 aromatic heterocycles. The lowest BCUT2D eigenvalue weighted by Gasteiger charge is -2.32. The van der Waals surface area contributed by atoms with Crippen LogP contribution >= 0.6 is 11.3 Å². The van der Waals surface area contributed by atoms with Crippen LogP contribution in [0, 0.1) is 0 Å². The van der Waals surface area contributed by atoms with Gasteiger partial charge in [-0.15, -0.1) is 16.4 Å². The summed E-state index contributed by atoms with van der Waals surface area (Å²) in [5, 5.41) is 15.0. The van der Waals surface area contributed by atoms with Crippen LogP contribution in [0.2, 0.25) is 0 Å². The lowest BCUT2D eigenvalue weighted by Crippen LogP contribution is -3.13. The second-order valence-corrected chi connectivity index (χ2v) is 7.76. The summed E-state index contributed by atoms with van der Waals surface area (Å²) >= 11 is 1.82. The van der Waals surface area contributed by atoms with Crippen LogP contribution in [-0.4, -0.2) is 33.3 Å². The zero-order chi connectivity index (χ0) is 15.6. The smallest absolute Gasteiger partial charge is 0.215 e. The SMILES string of the molecule is CCC(C)(C)n1nnnc1[C@H](c1cccs1)[NH+]1CCCCC1. The highest BCUT2D eigenvalue weighted by atomic mass is 32.1. The standard InChI is InChI=1S/C16H25N5S/c1-4-16(2,3)21-15(17-18-19-21)14(13-9-8-12-22-13)20-10-6-5-7-11-20/h8-9,12,14H,4-7,10-11H2,1-3H3/p+1/t14-/m0/s1. The molecule has 3 heterocycles. The number of piperidine rings is 1. The number of rotatable bonds is 5. The molecule has 6 heteroatoms. The Labute approximate surface area is 136 Å². The molecule has 1 N–H and O–H groups in total. The van der Waals surface area contributed by atoms with Gasteiger partial charge in [-0.2, -0.15) is 0 Å². The predicted molar refractivity (Wildman–Crippen MR) is 88.1 cm³/mol. The summed E-state index contributed by atoms with van der Waals surface area (Å²) in [4.78, 5) is 2.98. The van der Waals surface area contributed by atoms with Gasteiger partial charge in [0.15, 0.2) is 6.04 Å². The lowest BCUT2D eigenvalue weighted by molar-refractivity contribution is -0.930. The summed E-state index contributed by atoms with van der Waals surface area (Å²) in [5.41, 5.74) is -0.0520. The molecule has 1 aliphatic rings. The molecule has 0 saturated carbocycles. The fourth-order valence-electron chi connectivity index (χ4n) is 3.22. The van der Waals surface area contributed by atoms with E-state index in [1.807, 2.05) is 11.3 Å². The number of thiophene rings is 1. The molecule has 5 nitrogen and oxygen atoms in total. The summed E-state index contributed by atoms with van der Waals surface area (Å²) in [6.07, 6.45) is 4.97. The van der Waals surface area contributed by atoms with E-state index in [2.05, 4.69) is 58.5 Å². The van der Waals surface area contributed by atoms with Crippen LogP contribution in [0.25, 0.3) is 0 Å². The minimum atomic E-state index is -0.0520. The van der Waals surface area contributed by atoms with Crippen molar-refractivity contribution in [2.45, 2.75) is 58.0 Å².